The molecule has 0 amide bonds. The number of hydrogen-bond acceptors (Lipinski definition) is 3. The smallest absolute Gasteiger partial charge is 0.144 e. The Kier molecular flexibility index (Phi) is 3.88. The van der Waals surface area contributed by atoms with Crippen molar-refractivity contribution in [1.29, 1.82) is 0 Å². The summed E-state index contributed by atoms with van der Waals surface area (Å²) in [5.41, 5.74) is 1.81. The molecule has 1 rings (SSSR count). The Bertz CT molecular complexity index is 358. The van der Waals surface area contributed by atoms with Crippen molar-refractivity contribution >= 4 is 17.6 Å². The van der Waals surface area contributed by atoms with Gasteiger partial charge in [-0.05, 0) is 39.3 Å². The Labute approximate surface area is 94.0 Å². The van der Waals surface area contributed by atoms with E-state index in [2.05, 4.69) is 9.38 Å². The maximum atomic E-state index is 11.6. The largest absolute Gasteiger partial charge is 0.591 e. The average molecular weight is 224 g/mol. The van der Waals surface area contributed by atoms with Crippen LogP contribution < -0.4 is 0 Å². The first-order chi connectivity index (χ1) is 6.91. The maximum Gasteiger partial charge on any atom is 0.144 e. The zero-order chi connectivity index (χ0) is 11.5. The van der Waals surface area contributed by atoms with Crippen LogP contribution in [0.15, 0.2) is 22.7 Å². The zero-order valence-corrected chi connectivity index (χ0v) is 10.3. The van der Waals surface area contributed by atoms with Crippen LogP contribution in [0.2, 0.25) is 0 Å². The second-order valence-corrected chi connectivity index (χ2v) is 6.24. The summed E-state index contributed by atoms with van der Waals surface area (Å²) in [5, 5.41) is 0. The quantitative estimate of drug-likeness (QED) is 0.571. The molecule has 0 aliphatic rings. The van der Waals surface area contributed by atoms with Crippen LogP contribution in [0.25, 0.3) is 0 Å². The van der Waals surface area contributed by atoms with E-state index in [4.69, 9.17) is 0 Å². The summed E-state index contributed by atoms with van der Waals surface area (Å²) >= 11 is -1.22. The van der Waals surface area contributed by atoms with Gasteiger partial charge in [-0.3, -0.25) is 4.98 Å². The van der Waals surface area contributed by atoms with Crippen LogP contribution in [-0.2, 0) is 11.4 Å². The summed E-state index contributed by atoms with van der Waals surface area (Å²) in [5.74, 6) is 0. The third kappa shape index (κ3) is 3.64. The molecule has 1 heterocycles. The highest BCUT2D eigenvalue weighted by Crippen LogP contribution is 2.16. The molecule has 0 N–H and O–H groups in total. The highest BCUT2D eigenvalue weighted by atomic mass is 32.2. The van der Waals surface area contributed by atoms with Crippen molar-refractivity contribution in [2.75, 3.05) is 0 Å². The summed E-state index contributed by atoms with van der Waals surface area (Å²) < 4.78 is 15.3. The van der Waals surface area contributed by atoms with E-state index in [-0.39, 0.29) is 4.75 Å². The van der Waals surface area contributed by atoms with Gasteiger partial charge in [0.05, 0.1) is 5.69 Å². The van der Waals surface area contributed by atoms with Gasteiger partial charge in [-0.1, -0.05) is 10.5 Å². The molecule has 0 saturated carbocycles. The number of aryl methyl sites for hydroxylation is 1. The molecule has 82 valence electrons. The Morgan fingerprint density at radius 3 is 2.67 bits per heavy atom. The lowest BCUT2D eigenvalue weighted by molar-refractivity contribution is 0.562. The third-order valence-corrected chi connectivity index (χ3v) is 3.19. The van der Waals surface area contributed by atoms with E-state index in [1.165, 1.54) is 0 Å². The molecule has 1 unspecified atom stereocenters. The monoisotopic (exact) mass is 224 g/mol. The van der Waals surface area contributed by atoms with E-state index < -0.39 is 11.4 Å². The third-order valence-electron chi connectivity index (χ3n) is 1.84. The molecule has 0 bridgehead atoms. The van der Waals surface area contributed by atoms with E-state index >= 15 is 0 Å². The van der Waals surface area contributed by atoms with Crippen molar-refractivity contribution in [3.05, 3.63) is 29.6 Å². The Hall–Kier alpha value is -0.870. The molecule has 15 heavy (non-hydrogen) atoms. The van der Waals surface area contributed by atoms with E-state index in [0.717, 1.165) is 11.3 Å². The van der Waals surface area contributed by atoms with Gasteiger partial charge in [-0.25, -0.2) is 0 Å². The first-order valence-corrected chi connectivity index (χ1v) is 5.89. The van der Waals surface area contributed by atoms with Crippen LogP contribution in [0.1, 0.15) is 32.0 Å². The number of hydrogen-bond donors (Lipinski definition) is 0. The summed E-state index contributed by atoms with van der Waals surface area (Å²) in [6.07, 6.45) is 3.28. The molecule has 0 aromatic carbocycles. The molecule has 4 heteroatoms. The Morgan fingerprint density at radius 1 is 1.47 bits per heavy atom. The molecule has 0 spiro atoms. The second kappa shape index (κ2) is 4.77. The molecular formula is C11H16N2OS. The van der Waals surface area contributed by atoms with Crippen LogP contribution in [0.5, 0.6) is 0 Å². The summed E-state index contributed by atoms with van der Waals surface area (Å²) in [6, 6.07) is 3.82. The summed E-state index contributed by atoms with van der Waals surface area (Å²) in [7, 11) is 0. The minimum Gasteiger partial charge on any atom is -0.591 e. The molecule has 1 aromatic rings. The molecule has 3 nitrogen and oxygen atoms in total. The maximum absolute atomic E-state index is 11.6. The molecule has 0 saturated heterocycles. The lowest BCUT2D eigenvalue weighted by Crippen LogP contribution is -2.25. The molecule has 0 aliphatic carbocycles. The predicted octanol–water partition coefficient (Wildman–Crippen LogP) is 2.27. The van der Waals surface area contributed by atoms with Gasteiger partial charge >= 0.3 is 0 Å². The van der Waals surface area contributed by atoms with Gasteiger partial charge in [0.15, 0.2) is 0 Å². The number of pyridine rings is 1. The lowest BCUT2D eigenvalue weighted by Gasteiger charge is -2.17. The van der Waals surface area contributed by atoms with Crippen molar-refractivity contribution in [2.45, 2.75) is 32.4 Å². The first-order valence-electron chi connectivity index (χ1n) is 4.79. The number of aromatic nitrogens is 1. The standard InChI is InChI=1S/C11H16N2OS/c1-9-6-5-7-12-10(9)8-13-15(14)11(2,3)4/h5-8H,1-4H3. The topological polar surface area (TPSA) is 48.3 Å². The molecular weight excluding hydrogens is 208 g/mol. The van der Waals surface area contributed by atoms with Gasteiger partial charge in [0.2, 0.25) is 0 Å². The first kappa shape index (κ1) is 12.2. The predicted molar refractivity (Wildman–Crippen MR) is 64.5 cm³/mol. The van der Waals surface area contributed by atoms with Crippen molar-refractivity contribution in [3.63, 3.8) is 0 Å². The molecule has 1 aromatic heterocycles. The number of nitrogens with zero attached hydrogens (tertiary/aromatic N) is 2. The van der Waals surface area contributed by atoms with Crippen molar-refractivity contribution < 1.29 is 4.55 Å². The number of rotatable bonds is 2. The van der Waals surface area contributed by atoms with E-state index in [0.29, 0.717) is 0 Å². The fraction of sp³-hybridized carbons (Fsp3) is 0.455. The highest BCUT2D eigenvalue weighted by molar-refractivity contribution is 7.91. The Balaban J connectivity index is 2.79. The van der Waals surface area contributed by atoms with Crippen LogP contribution in [-0.4, -0.2) is 20.5 Å². The molecule has 0 aliphatic heterocycles. The minimum atomic E-state index is -1.22. The molecule has 1 atom stereocenters. The Morgan fingerprint density at radius 2 is 2.13 bits per heavy atom. The fourth-order valence-electron chi connectivity index (χ4n) is 0.889. The van der Waals surface area contributed by atoms with Gasteiger partial charge in [0.25, 0.3) is 0 Å². The van der Waals surface area contributed by atoms with Crippen molar-refractivity contribution in [2.24, 2.45) is 4.40 Å². The van der Waals surface area contributed by atoms with Crippen LogP contribution >= 0.6 is 0 Å². The summed E-state index contributed by atoms with van der Waals surface area (Å²) in [6.45, 7) is 7.64. The van der Waals surface area contributed by atoms with Gasteiger partial charge in [0, 0.05) is 6.20 Å². The minimum absolute atomic E-state index is 0.320. The van der Waals surface area contributed by atoms with Crippen LogP contribution in [0.4, 0.5) is 0 Å². The lowest BCUT2D eigenvalue weighted by atomic mass is 10.2. The average Bonchev–Trinajstić information content (AvgIpc) is 2.14. The van der Waals surface area contributed by atoms with Crippen LogP contribution in [0.3, 0.4) is 0 Å². The SMILES string of the molecule is Cc1cccnc1C=N[S+]([O-])C(C)(C)C. The van der Waals surface area contributed by atoms with E-state index in [1.54, 1.807) is 12.4 Å². The van der Waals surface area contributed by atoms with Gasteiger partial charge in [0.1, 0.15) is 22.3 Å². The normalized spacial score (nSPS) is 14.5. The molecule has 0 radical (unpaired) electrons. The molecule has 0 fully saturated rings. The zero-order valence-electron chi connectivity index (χ0n) is 9.52. The fourth-order valence-corrected chi connectivity index (χ4v) is 1.40. The summed E-state index contributed by atoms with van der Waals surface area (Å²) in [4.78, 5) is 4.15. The highest BCUT2D eigenvalue weighted by Gasteiger charge is 2.25. The van der Waals surface area contributed by atoms with Crippen molar-refractivity contribution in [1.82, 2.24) is 4.98 Å². The van der Waals surface area contributed by atoms with Gasteiger partial charge in [-0.15, -0.1) is 0 Å². The second-order valence-electron chi connectivity index (χ2n) is 4.30. The van der Waals surface area contributed by atoms with E-state index in [1.807, 2.05) is 39.8 Å². The van der Waals surface area contributed by atoms with Crippen LogP contribution in [0, 0.1) is 6.92 Å². The van der Waals surface area contributed by atoms with Gasteiger partial charge in [-0.2, -0.15) is 0 Å². The van der Waals surface area contributed by atoms with Gasteiger partial charge < -0.3 is 4.55 Å². The van der Waals surface area contributed by atoms with Crippen molar-refractivity contribution in [3.8, 4) is 0 Å². The van der Waals surface area contributed by atoms with E-state index in [9.17, 15) is 4.55 Å².